The number of anilines is 1. The Labute approximate surface area is 176 Å². The van der Waals surface area contributed by atoms with Crippen LogP contribution < -0.4 is 15.6 Å². The molecular weight excluding hydrogens is 400 g/mol. The van der Waals surface area contributed by atoms with Gasteiger partial charge in [-0.3, -0.25) is 14.4 Å². The average molecular weight is 420 g/mol. The Hall–Kier alpha value is -4.08. The zero-order valence-corrected chi connectivity index (χ0v) is 16.5. The van der Waals surface area contributed by atoms with Gasteiger partial charge in [-0.05, 0) is 5.56 Å². The summed E-state index contributed by atoms with van der Waals surface area (Å²) in [7, 11) is 0. The number of nitrogens with one attached hydrogen (secondary N) is 2. The Morgan fingerprint density at radius 3 is 2.55 bits per heavy atom. The monoisotopic (exact) mass is 420 g/mol. The number of carbonyl (C=O) groups is 3. The number of hydrogen-bond acceptors (Lipinski definition) is 7. The molecule has 1 aliphatic rings. The van der Waals surface area contributed by atoms with Gasteiger partial charge in [0, 0.05) is 38.6 Å². The lowest BCUT2D eigenvalue weighted by atomic mass is 10.1. The van der Waals surface area contributed by atoms with Crippen LogP contribution in [0.4, 0.5) is 5.95 Å². The smallest absolute Gasteiger partial charge is 0.257 e. The molecule has 2 aromatic heterocycles. The van der Waals surface area contributed by atoms with Crippen molar-refractivity contribution in [1.82, 2.24) is 25.2 Å². The minimum Gasteiger partial charge on any atom is -0.345 e. The van der Waals surface area contributed by atoms with Crippen molar-refractivity contribution in [1.29, 1.82) is 0 Å². The van der Waals surface area contributed by atoms with Crippen LogP contribution in [0.3, 0.4) is 0 Å². The Bertz CT molecular complexity index is 1170. The average Bonchev–Trinajstić information content (AvgIpc) is 2.83. The number of piperazine rings is 1. The predicted molar refractivity (Wildman–Crippen MR) is 113 cm³/mol. The van der Waals surface area contributed by atoms with Gasteiger partial charge in [-0.1, -0.05) is 30.3 Å². The molecule has 0 saturated carbocycles. The first-order chi connectivity index (χ1) is 15.1. The van der Waals surface area contributed by atoms with Crippen molar-refractivity contribution in [2.24, 2.45) is 0 Å². The van der Waals surface area contributed by atoms with Gasteiger partial charge < -0.3 is 24.9 Å². The lowest BCUT2D eigenvalue weighted by molar-refractivity contribution is -0.118. The van der Waals surface area contributed by atoms with Crippen LogP contribution in [-0.2, 0) is 9.59 Å². The Balaban J connectivity index is 1.56. The third-order valence-corrected chi connectivity index (χ3v) is 5.19. The van der Waals surface area contributed by atoms with Crippen LogP contribution in [0.25, 0.3) is 11.0 Å². The maximum atomic E-state index is 12.8. The Morgan fingerprint density at radius 2 is 1.87 bits per heavy atom. The van der Waals surface area contributed by atoms with E-state index in [9.17, 15) is 19.2 Å². The third kappa shape index (κ3) is 4.13. The van der Waals surface area contributed by atoms with E-state index in [1.807, 2.05) is 4.90 Å². The number of benzene rings is 1. The summed E-state index contributed by atoms with van der Waals surface area (Å²) >= 11 is 0. The minimum absolute atomic E-state index is 0.133. The number of aromatic amines is 1. The van der Waals surface area contributed by atoms with Crippen molar-refractivity contribution < 1.29 is 14.4 Å². The molecule has 2 amide bonds. The molecule has 2 N–H and O–H groups in total. The summed E-state index contributed by atoms with van der Waals surface area (Å²) in [5, 5.41) is 2.74. The van der Waals surface area contributed by atoms with Crippen molar-refractivity contribution in [3.8, 4) is 0 Å². The van der Waals surface area contributed by atoms with Gasteiger partial charge >= 0.3 is 0 Å². The van der Waals surface area contributed by atoms with Gasteiger partial charge in [-0.2, -0.15) is 4.98 Å². The van der Waals surface area contributed by atoms with E-state index < -0.39 is 17.4 Å². The molecule has 0 radical (unpaired) electrons. The van der Waals surface area contributed by atoms with Crippen molar-refractivity contribution in [3.63, 3.8) is 0 Å². The number of H-pyrrole nitrogens is 1. The Morgan fingerprint density at radius 1 is 1.13 bits per heavy atom. The normalized spacial score (nSPS) is 14.8. The quantitative estimate of drug-likeness (QED) is 0.548. The van der Waals surface area contributed by atoms with Gasteiger partial charge in [-0.25, -0.2) is 4.98 Å². The number of fused-ring (bicyclic) bond motifs is 1. The molecule has 31 heavy (non-hydrogen) atoms. The Kier molecular flexibility index (Phi) is 5.69. The van der Waals surface area contributed by atoms with Crippen LogP contribution >= 0.6 is 0 Å². The molecule has 1 unspecified atom stereocenters. The van der Waals surface area contributed by atoms with Crippen LogP contribution in [0.15, 0.2) is 47.5 Å². The second-order valence-electron chi connectivity index (χ2n) is 7.09. The molecule has 0 spiro atoms. The van der Waals surface area contributed by atoms with Gasteiger partial charge in [-0.15, -0.1) is 0 Å². The summed E-state index contributed by atoms with van der Waals surface area (Å²) in [4.78, 5) is 62.9. The fourth-order valence-electron chi connectivity index (χ4n) is 3.42. The maximum absolute atomic E-state index is 12.8. The number of rotatable bonds is 6. The number of amides is 2. The largest absolute Gasteiger partial charge is 0.345 e. The summed E-state index contributed by atoms with van der Waals surface area (Å²) in [5.41, 5.74) is 0.262. The molecular formula is C21H20N6O4. The number of aldehydes is 1. The zero-order chi connectivity index (χ0) is 21.8. The summed E-state index contributed by atoms with van der Waals surface area (Å²) in [6, 6.07) is 7.89. The van der Waals surface area contributed by atoms with Crippen LogP contribution in [0.2, 0.25) is 0 Å². The van der Waals surface area contributed by atoms with Gasteiger partial charge in [0.05, 0.1) is 5.39 Å². The minimum atomic E-state index is -0.868. The van der Waals surface area contributed by atoms with Crippen LogP contribution in [-0.4, -0.2) is 64.6 Å². The highest BCUT2D eigenvalue weighted by atomic mass is 16.2. The van der Waals surface area contributed by atoms with E-state index >= 15 is 0 Å². The summed E-state index contributed by atoms with van der Waals surface area (Å²) in [6.45, 7) is 2.31. The summed E-state index contributed by atoms with van der Waals surface area (Å²) in [6.07, 6.45) is 4.10. The molecule has 1 aliphatic heterocycles. The topological polar surface area (TPSA) is 128 Å². The van der Waals surface area contributed by atoms with E-state index in [1.54, 1.807) is 35.2 Å². The first-order valence-electron chi connectivity index (χ1n) is 9.74. The SMILES string of the molecule is O=CC(NC(=O)c1c[nH]c2nc(N3CCN(C=O)CC3)ncc2c1=O)c1ccccc1. The number of nitrogens with zero attached hydrogens (tertiary/aromatic N) is 4. The van der Waals surface area contributed by atoms with Crippen molar-refractivity contribution in [3.05, 3.63) is 64.1 Å². The lowest BCUT2D eigenvalue weighted by Gasteiger charge is -2.32. The van der Waals surface area contributed by atoms with E-state index in [0.29, 0.717) is 49.6 Å². The highest BCUT2D eigenvalue weighted by Gasteiger charge is 2.21. The zero-order valence-electron chi connectivity index (χ0n) is 16.5. The molecule has 158 valence electrons. The summed E-state index contributed by atoms with van der Waals surface area (Å²) in [5.74, 6) is -0.228. The molecule has 1 saturated heterocycles. The number of carbonyl (C=O) groups excluding carboxylic acids is 3. The number of hydrogen-bond donors (Lipinski definition) is 2. The molecule has 1 atom stereocenters. The molecule has 0 aliphatic carbocycles. The van der Waals surface area contributed by atoms with Crippen molar-refractivity contribution in [2.75, 3.05) is 31.1 Å². The van der Waals surface area contributed by atoms with E-state index in [0.717, 1.165) is 6.41 Å². The fraction of sp³-hybridized carbons (Fsp3) is 0.238. The lowest BCUT2D eigenvalue weighted by Crippen LogP contribution is -2.46. The molecule has 1 fully saturated rings. The van der Waals surface area contributed by atoms with Crippen LogP contribution in [0.1, 0.15) is 22.0 Å². The van der Waals surface area contributed by atoms with Gasteiger partial charge in [0.2, 0.25) is 17.8 Å². The van der Waals surface area contributed by atoms with Gasteiger partial charge in [0.15, 0.2) is 0 Å². The third-order valence-electron chi connectivity index (χ3n) is 5.19. The van der Waals surface area contributed by atoms with Crippen molar-refractivity contribution >= 4 is 35.6 Å². The predicted octanol–water partition coefficient (Wildman–Crippen LogP) is 0.267. The standard InChI is InChI=1S/C21H20N6O4/c28-12-17(14-4-2-1-3-5-14)24-20(31)16-11-22-19-15(18(16)30)10-23-21(25-19)27-8-6-26(13-29)7-9-27/h1-5,10-13,17H,6-9H2,(H,24,31)(H,22,23,25,30). The highest BCUT2D eigenvalue weighted by molar-refractivity contribution is 5.98. The molecule has 10 nitrogen and oxygen atoms in total. The van der Waals surface area contributed by atoms with E-state index in [-0.39, 0.29) is 10.9 Å². The molecule has 1 aromatic carbocycles. The van der Waals surface area contributed by atoms with Gasteiger partial charge in [0.25, 0.3) is 5.91 Å². The molecule has 3 aromatic rings. The number of pyridine rings is 1. The maximum Gasteiger partial charge on any atom is 0.257 e. The van der Waals surface area contributed by atoms with Crippen LogP contribution in [0, 0.1) is 0 Å². The van der Waals surface area contributed by atoms with Crippen molar-refractivity contribution in [2.45, 2.75) is 6.04 Å². The second-order valence-corrected chi connectivity index (χ2v) is 7.09. The first kappa shape index (κ1) is 20.2. The molecule has 4 rings (SSSR count). The van der Waals surface area contributed by atoms with Crippen LogP contribution in [0.5, 0.6) is 0 Å². The fourth-order valence-corrected chi connectivity index (χ4v) is 3.42. The van der Waals surface area contributed by atoms with E-state index in [1.165, 1.54) is 12.4 Å². The summed E-state index contributed by atoms with van der Waals surface area (Å²) < 4.78 is 0. The van der Waals surface area contributed by atoms with E-state index in [2.05, 4.69) is 20.3 Å². The first-order valence-corrected chi connectivity index (χ1v) is 9.74. The second kappa shape index (κ2) is 8.74. The molecule has 10 heteroatoms. The highest BCUT2D eigenvalue weighted by Crippen LogP contribution is 2.14. The van der Waals surface area contributed by atoms with E-state index in [4.69, 9.17) is 0 Å². The molecule has 0 bridgehead atoms. The molecule has 3 heterocycles. The van der Waals surface area contributed by atoms with Gasteiger partial charge in [0.1, 0.15) is 23.5 Å². The number of aromatic nitrogens is 3.